The zero-order valence-corrected chi connectivity index (χ0v) is 15.2. The van der Waals surface area contributed by atoms with E-state index in [2.05, 4.69) is 30.6 Å². The summed E-state index contributed by atoms with van der Waals surface area (Å²) in [5, 5.41) is 15.3. The molecule has 28 heavy (non-hydrogen) atoms. The van der Waals surface area contributed by atoms with Crippen molar-refractivity contribution in [3.8, 4) is 11.3 Å². The van der Waals surface area contributed by atoms with Crippen LogP contribution in [-0.2, 0) is 7.05 Å². The number of hydrogen-bond acceptors (Lipinski definition) is 6. The lowest BCUT2D eigenvalue weighted by Gasteiger charge is -2.07. The first kappa shape index (κ1) is 16.4. The lowest BCUT2D eigenvalue weighted by Crippen LogP contribution is -2.16. The second-order valence-electron chi connectivity index (χ2n) is 6.89. The molecule has 0 atom stereocenters. The van der Waals surface area contributed by atoms with Crippen LogP contribution in [0.15, 0.2) is 36.5 Å². The summed E-state index contributed by atoms with van der Waals surface area (Å²) in [7, 11) is 1.81. The number of nitrogen functional groups attached to an aromatic ring is 1. The first-order valence-corrected chi connectivity index (χ1v) is 9.02. The number of aromatic amines is 1. The standard InChI is InChI=1S/C19H18N8O/c1-27-18-13(14(26-27)10-5-3-2-4-6-10)17(24-25-18)23-19(28)12-9-21-16(11-7-8-11)22-15(12)20/h2-6,9,11H,7-8H2,1H3,(H2,20,21,22)(H2,23,24,25,28). The number of fused-ring (bicyclic) bond motifs is 1. The number of carbonyl (C=O) groups is 1. The van der Waals surface area contributed by atoms with E-state index in [4.69, 9.17) is 5.73 Å². The monoisotopic (exact) mass is 374 g/mol. The maximum Gasteiger partial charge on any atom is 0.262 e. The van der Waals surface area contributed by atoms with E-state index >= 15 is 0 Å². The van der Waals surface area contributed by atoms with Gasteiger partial charge in [-0.2, -0.15) is 10.2 Å². The van der Waals surface area contributed by atoms with Gasteiger partial charge in [-0.15, -0.1) is 0 Å². The van der Waals surface area contributed by atoms with Gasteiger partial charge in [0.1, 0.15) is 28.7 Å². The third-order valence-electron chi connectivity index (χ3n) is 4.85. The minimum atomic E-state index is -0.395. The van der Waals surface area contributed by atoms with Crippen molar-refractivity contribution in [2.24, 2.45) is 7.05 Å². The molecule has 4 aromatic rings. The van der Waals surface area contributed by atoms with Gasteiger partial charge in [0, 0.05) is 24.7 Å². The summed E-state index contributed by atoms with van der Waals surface area (Å²) in [6.07, 6.45) is 3.63. The van der Waals surface area contributed by atoms with E-state index in [1.807, 2.05) is 37.4 Å². The molecule has 9 heteroatoms. The van der Waals surface area contributed by atoms with Crippen LogP contribution < -0.4 is 11.1 Å². The molecule has 5 rings (SSSR count). The highest BCUT2D eigenvalue weighted by Gasteiger charge is 2.28. The highest BCUT2D eigenvalue weighted by atomic mass is 16.1. The number of benzene rings is 1. The zero-order chi connectivity index (χ0) is 19.3. The summed E-state index contributed by atoms with van der Waals surface area (Å²) < 4.78 is 1.67. The molecular formula is C19H18N8O. The summed E-state index contributed by atoms with van der Waals surface area (Å²) in [5.41, 5.74) is 8.54. The Morgan fingerprint density at radius 1 is 1.29 bits per heavy atom. The molecular weight excluding hydrogens is 356 g/mol. The van der Waals surface area contributed by atoms with E-state index in [0.29, 0.717) is 23.2 Å². The molecule has 0 radical (unpaired) electrons. The number of anilines is 2. The maximum atomic E-state index is 12.8. The molecule has 1 aliphatic rings. The molecule has 9 nitrogen and oxygen atoms in total. The van der Waals surface area contributed by atoms with Crippen LogP contribution >= 0.6 is 0 Å². The lowest BCUT2D eigenvalue weighted by atomic mass is 10.1. The molecule has 0 saturated heterocycles. The van der Waals surface area contributed by atoms with Crippen molar-refractivity contribution >= 4 is 28.6 Å². The van der Waals surface area contributed by atoms with Gasteiger partial charge in [-0.25, -0.2) is 14.6 Å². The van der Waals surface area contributed by atoms with Gasteiger partial charge in [-0.05, 0) is 12.8 Å². The zero-order valence-electron chi connectivity index (χ0n) is 15.2. The van der Waals surface area contributed by atoms with Gasteiger partial charge < -0.3 is 11.1 Å². The molecule has 1 amide bonds. The van der Waals surface area contributed by atoms with E-state index in [-0.39, 0.29) is 11.4 Å². The third-order valence-corrected chi connectivity index (χ3v) is 4.85. The molecule has 1 fully saturated rings. The molecule has 140 valence electrons. The van der Waals surface area contributed by atoms with Crippen molar-refractivity contribution in [3.63, 3.8) is 0 Å². The fourth-order valence-electron chi connectivity index (χ4n) is 3.23. The summed E-state index contributed by atoms with van der Waals surface area (Å²) in [6, 6.07) is 9.74. The molecule has 0 bridgehead atoms. The first-order chi connectivity index (χ1) is 13.6. The number of rotatable bonds is 4. The normalized spacial score (nSPS) is 13.8. The second-order valence-corrected chi connectivity index (χ2v) is 6.89. The predicted octanol–water partition coefficient (Wildman–Crippen LogP) is 2.47. The number of amides is 1. The van der Waals surface area contributed by atoms with E-state index in [1.165, 1.54) is 6.20 Å². The van der Waals surface area contributed by atoms with Gasteiger partial charge in [0.25, 0.3) is 5.91 Å². The molecule has 4 N–H and O–H groups in total. The topological polar surface area (TPSA) is 127 Å². The van der Waals surface area contributed by atoms with Crippen LogP contribution in [0, 0.1) is 0 Å². The Hall–Kier alpha value is -3.75. The molecule has 1 aliphatic carbocycles. The molecule has 3 heterocycles. The lowest BCUT2D eigenvalue weighted by molar-refractivity contribution is 0.102. The van der Waals surface area contributed by atoms with Crippen molar-refractivity contribution < 1.29 is 4.79 Å². The number of nitrogens with one attached hydrogen (secondary N) is 2. The van der Waals surface area contributed by atoms with Gasteiger partial charge in [-0.1, -0.05) is 30.3 Å². The second kappa shape index (κ2) is 6.15. The Kier molecular flexibility index (Phi) is 3.61. The van der Waals surface area contributed by atoms with Crippen LogP contribution in [0.3, 0.4) is 0 Å². The van der Waals surface area contributed by atoms with Crippen molar-refractivity contribution in [2.75, 3.05) is 11.1 Å². The first-order valence-electron chi connectivity index (χ1n) is 9.02. The number of aromatic nitrogens is 6. The van der Waals surface area contributed by atoms with E-state index in [1.54, 1.807) is 4.68 Å². The van der Waals surface area contributed by atoms with Crippen molar-refractivity contribution in [3.05, 3.63) is 47.9 Å². The molecule has 0 spiro atoms. The van der Waals surface area contributed by atoms with Crippen LogP contribution in [0.1, 0.15) is 34.9 Å². The Bertz CT molecular complexity index is 1190. The third kappa shape index (κ3) is 2.68. The average molecular weight is 374 g/mol. The smallest absolute Gasteiger partial charge is 0.262 e. The Morgan fingerprint density at radius 2 is 2.07 bits per heavy atom. The van der Waals surface area contributed by atoms with Gasteiger partial charge in [-0.3, -0.25) is 9.89 Å². The van der Waals surface area contributed by atoms with Gasteiger partial charge in [0.15, 0.2) is 5.65 Å². The highest BCUT2D eigenvalue weighted by molar-refractivity contribution is 6.11. The average Bonchev–Trinajstić information content (AvgIpc) is 3.39. The molecule has 0 unspecified atom stereocenters. The number of carbonyl (C=O) groups excluding carboxylic acids is 1. The number of aryl methyl sites for hydroxylation is 1. The minimum absolute atomic E-state index is 0.180. The van der Waals surface area contributed by atoms with E-state index in [9.17, 15) is 4.79 Å². The quantitative estimate of drug-likeness (QED) is 0.503. The van der Waals surface area contributed by atoms with Crippen LogP contribution in [0.5, 0.6) is 0 Å². The summed E-state index contributed by atoms with van der Waals surface area (Å²) >= 11 is 0. The predicted molar refractivity (Wildman–Crippen MR) is 105 cm³/mol. The van der Waals surface area contributed by atoms with E-state index < -0.39 is 5.91 Å². The summed E-state index contributed by atoms with van der Waals surface area (Å²) in [6.45, 7) is 0. The van der Waals surface area contributed by atoms with Crippen LogP contribution in [0.25, 0.3) is 22.3 Å². The number of hydrogen-bond donors (Lipinski definition) is 3. The Labute approximate surface area is 160 Å². The van der Waals surface area contributed by atoms with Crippen molar-refractivity contribution in [2.45, 2.75) is 18.8 Å². The fourth-order valence-corrected chi connectivity index (χ4v) is 3.23. The Balaban J connectivity index is 1.51. The van der Waals surface area contributed by atoms with Crippen LogP contribution in [0.2, 0.25) is 0 Å². The van der Waals surface area contributed by atoms with Crippen LogP contribution in [-0.4, -0.2) is 35.9 Å². The Morgan fingerprint density at radius 3 is 2.79 bits per heavy atom. The minimum Gasteiger partial charge on any atom is -0.383 e. The number of H-pyrrole nitrogens is 1. The van der Waals surface area contributed by atoms with Gasteiger partial charge in [0.2, 0.25) is 0 Å². The summed E-state index contributed by atoms with van der Waals surface area (Å²) in [5.74, 6) is 1.32. The molecule has 0 aliphatic heterocycles. The number of nitrogens with zero attached hydrogens (tertiary/aromatic N) is 5. The van der Waals surface area contributed by atoms with E-state index in [0.717, 1.165) is 29.5 Å². The SMILES string of the molecule is Cn1nc(-c2ccccc2)c2c(NC(=O)c3cnc(C4CC4)nc3N)[nH]nc21. The molecule has 1 aromatic carbocycles. The molecule has 3 aromatic heterocycles. The van der Waals surface area contributed by atoms with Crippen LogP contribution in [0.4, 0.5) is 11.6 Å². The van der Waals surface area contributed by atoms with Gasteiger partial charge in [0.05, 0.1) is 5.39 Å². The van der Waals surface area contributed by atoms with Gasteiger partial charge >= 0.3 is 0 Å². The van der Waals surface area contributed by atoms with Crippen molar-refractivity contribution in [1.29, 1.82) is 0 Å². The number of nitrogens with two attached hydrogens (primary N) is 1. The highest BCUT2D eigenvalue weighted by Crippen LogP contribution is 2.38. The van der Waals surface area contributed by atoms with Crippen molar-refractivity contribution in [1.82, 2.24) is 29.9 Å². The molecule has 1 saturated carbocycles. The fraction of sp³-hybridized carbons (Fsp3) is 0.211. The largest absolute Gasteiger partial charge is 0.383 e. The maximum absolute atomic E-state index is 12.8. The summed E-state index contributed by atoms with van der Waals surface area (Å²) in [4.78, 5) is 21.4.